The van der Waals surface area contributed by atoms with E-state index in [-0.39, 0.29) is 11.3 Å². The smallest absolute Gasteiger partial charge is 0.336 e. The predicted octanol–water partition coefficient (Wildman–Crippen LogP) is 1.38. The molecule has 0 radical (unpaired) electrons. The van der Waals surface area contributed by atoms with Gasteiger partial charge in [-0.15, -0.1) is 0 Å². The zero-order chi connectivity index (χ0) is 15.6. The first-order chi connectivity index (χ1) is 9.84. The lowest BCUT2D eigenvalue weighted by atomic mass is 10.1. The number of hydrogen-bond acceptors (Lipinski definition) is 4. The SMILES string of the molecule is CN1CCN(C(=O)c2cccc(C(F)(F)F)c2NN)CC1. The third kappa shape index (κ3) is 3.27. The summed E-state index contributed by atoms with van der Waals surface area (Å²) in [5, 5.41) is 0. The molecule has 0 spiro atoms. The first-order valence-electron chi connectivity index (χ1n) is 6.49. The normalized spacial score (nSPS) is 16.9. The third-order valence-electron chi connectivity index (χ3n) is 3.54. The molecule has 3 N–H and O–H groups in total. The number of para-hydroxylation sites is 1. The van der Waals surface area contributed by atoms with Crippen LogP contribution in [-0.2, 0) is 6.18 Å². The highest BCUT2D eigenvalue weighted by Gasteiger charge is 2.35. The van der Waals surface area contributed by atoms with Crippen LogP contribution in [0.3, 0.4) is 0 Å². The van der Waals surface area contributed by atoms with E-state index in [1.54, 1.807) is 0 Å². The van der Waals surface area contributed by atoms with Gasteiger partial charge in [0.05, 0.1) is 16.8 Å². The first kappa shape index (κ1) is 15.6. The van der Waals surface area contributed by atoms with Crippen LogP contribution >= 0.6 is 0 Å². The Morgan fingerprint density at radius 2 is 1.86 bits per heavy atom. The fourth-order valence-electron chi connectivity index (χ4n) is 2.30. The van der Waals surface area contributed by atoms with Gasteiger partial charge in [-0.25, -0.2) is 0 Å². The number of nitrogens with two attached hydrogens (primary N) is 1. The van der Waals surface area contributed by atoms with Crippen LogP contribution in [0.4, 0.5) is 18.9 Å². The maximum atomic E-state index is 12.9. The van der Waals surface area contributed by atoms with Gasteiger partial charge in [-0.05, 0) is 19.2 Å². The molecule has 2 rings (SSSR count). The average Bonchev–Trinajstić information content (AvgIpc) is 2.45. The summed E-state index contributed by atoms with van der Waals surface area (Å²) >= 11 is 0. The van der Waals surface area contributed by atoms with Gasteiger partial charge in [0, 0.05) is 26.2 Å². The fraction of sp³-hybridized carbons (Fsp3) is 0.462. The summed E-state index contributed by atoms with van der Waals surface area (Å²) in [7, 11) is 1.93. The van der Waals surface area contributed by atoms with Crippen LogP contribution in [0, 0.1) is 0 Å². The van der Waals surface area contributed by atoms with E-state index in [1.807, 2.05) is 12.5 Å². The lowest BCUT2D eigenvalue weighted by molar-refractivity contribution is -0.137. The number of nitrogens with one attached hydrogen (secondary N) is 1. The molecule has 1 amide bonds. The van der Waals surface area contributed by atoms with Crippen LogP contribution in [-0.4, -0.2) is 48.9 Å². The van der Waals surface area contributed by atoms with Crippen molar-refractivity contribution in [3.63, 3.8) is 0 Å². The summed E-state index contributed by atoms with van der Waals surface area (Å²) < 4.78 is 38.8. The van der Waals surface area contributed by atoms with Gasteiger partial charge in [0.2, 0.25) is 0 Å². The van der Waals surface area contributed by atoms with Crippen molar-refractivity contribution < 1.29 is 18.0 Å². The van der Waals surface area contributed by atoms with Crippen molar-refractivity contribution in [3.8, 4) is 0 Å². The second-order valence-corrected chi connectivity index (χ2v) is 4.97. The van der Waals surface area contributed by atoms with E-state index in [4.69, 9.17) is 5.84 Å². The second-order valence-electron chi connectivity index (χ2n) is 4.97. The molecule has 116 valence electrons. The highest BCUT2D eigenvalue weighted by atomic mass is 19.4. The number of carbonyl (C=O) groups excluding carboxylic acids is 1. The van der Waals surface area contributed by atoms with Gasteiger partial charge in [-0.1, -0.05) is 6.07 Å². The average molecular weight is 302 g/mol. The van der Waals surface area contributed by atoms with Crippen molar-refractivity contribution in [2.24, 2.45) is 5.84 Å². The number of anilines is 1. The number of halogens is 3. The minimum atomic E-state index is -4.57. The highest BCUT2D eigenvalue weighted by molar-refractivity contribution is 6.00. The van der Waals surface area contributed by atoms with Crippen LogP contribution in [0.25, 0.3) is 0 Å². The van der Waals surface area contributed by atoms with Crippen molar-refractivity contribution in [1.82, 2.24) is 9.80 Å². The molecule has 0 saturated carbocycles. The number of nitrogen functional groups attached to an aromatic ring is 1. The van der Waals surface area contributed by atoms with Crippen molar-refractivity contribution in [2.45, 2.75) is 6.18 Å². The highest BCUT2D eigenvalue weighted by Crippen LogP contribution is 2.36. The maximum Gasteiger partial charge on any atom is 0.418 e. The lowest BCUT2D eigenvalue weighted by Crippen LogP contribution is -2.47. The third-order valence-corrected chi connectivity index (χ3v) is 3.54. The summed E-state index contributed by atoms with van der Waals surface area (Å²) in [5.41, 5.74) is 0.643. The van der Waals surface area contributed by atoms with Gasteiger partial charge < -0.3 is 15.2 Å². The molecule has 5 nitrogen and oxygen atoms in total. The van der Waals surface area contributed by atoms with E-state index in [0.29, 0.717) is 26.2 Å². The van der Waals surface area contributed by atoms with Gasteiger partial charge in [0.1, 0.15) is 0 Å². The Balaban J connectivity index is 2.33. The molecule has 21 heavy (non-hydrogen) atoms. The van der Waals surface area contributed by atoms with Crippen molar-refractivity contribution in [1.29, 1.82) is 0 Å². The molecule has 0 unspecified atom stereocenters. The molecule has 0 aliphatic carbocycles. The summed E-state index contributed by atoms with van der Waals surface area (Å²) in [6.45, 7) is 2.34. The first-order valence-corrected chi connectivity index (χ1v) is 6.49. The van der Waals surface area contributed by atoms with Crippen LogP contribution in [0.1, 0.15) is 15.9 Å². The number of piperazine rings is 1. The number of hydrogen-bond donors (Lipinski definition) is 2. The quantitative estimate of drug-likeness (QED) is 0.640. The molecule has 8 heteroatoms. The van der Waals surface area contributed by atoms with Crippen molar-refractivity contribution in [2.75, 3.05) is 38.7 Å². The Kier molecular flexibility index (Phi) is 4.38. The number of carbonyl (C=O) groups is 1. The molecule has 1 aliphatic rings. The monoisotopic (exact) mass is 302 g/mol. The van der Waals surface area contributed by atoms with E-state index in [2.05, 4.69) is 4.90 Å². The fourth-order valence-corrected chi connectivity index (χ4v) is 2.30. The molecule has 1 aliphatic heterocycles. The van der Waals surface area contributed by atoms with E-state index in [9.17, 15) is 18.0 Å². The molecule has 0 atom stereocenters. The minimum absolute atomic E-state index is 0.0584. The Morgan fingerprint density at radius 1 is 1.24 bits per heavy atom. The number of rotatable bonds is 2. The molecule has 1 saturated heterocycles. The Bertz CT molecular complexity index is 525. The number of likely N-dealkylation sites (N-methyl/N-ethyl adjacent to an activating group) is 1. The summed E-state index contributed by atoms with van der Waals surface area (Å²) in [6.07, 6.45) is -4.57. The van der Waals surface area contributed by atoms with Crippen LogP contribution in [0.15, 0.2) is 18.2 Å². The largest absolute Gasteiger partial charge is 0.418 e. The van der Waals surface area contributed by atoms with E-state index in [0.717, 1.165) is 6.07 Å². The standard InChI is InChI=1S/C13H17F3N4O/c1-19-5-7-20(8-6-19)12(21)9-3-2-4-10(11(9)18-17)13(14,15)16/h2-4,18H,5-8,17H2,1H3. The second kappa shape index (κ2) is 5.90. The Morgan fingerprint density at radius 3 is 2.38 bits per heavy atom. The number of alkyl halides is 3. The molecule has 1 fully saturated rings. The zero-order valence-electron chi connectivity index (χ0n) is 11.6. The number of hydrazine groups is 1. The van der Waals surface area contributed by atoms with Gasteiger partial charge in [-0.2, -0.15) is 13.2 Å². The lowest BCUT2D eigenvalue weighted by Gasteiger charge is -2.33. The topological polar surface area (TPSA) is 61.6 Å². The number of amides is 1. The number of benzene rings is 1. The summed E-state index contributed by atoms with van der Waals surface area (Å²) in [6, 6.07) is 3.47. The molecule has 0 aromatic heterocycles. The van der Waals surface area contributed by atoms with E-state index in [1.165, 1.54) is 17.0 Å². The zero-order valence-corrected chi connectivity index (χ0v) is 11.6. The maximum absolute atomic E-state index is 12.9. The van der Waals surface area contributed by atoms with E-state index >= 15 is 0 Å². The molecular formula is C13H17F3N4O. The van der Waals surface area contributed by atoms with Gasteiger partial charge >= 0.3 is 6.18 Å². The summed E-state index contributed by atoms with van der Waals surface area (Å²) in [4.78, 5) is 16.0. The molecule has 0 bridgehead atoms. The molecule has 1 aromatic rings. The Hall–Kier alpha value is -1.80. The van der Waals surface area contributed by atoms with Crippen LogP contribution in [0.2, 0.25) is 0 Å². The van der Waals surface area contributed by atoms with Gasteiger partial charge in [-0.3, -0.25) is 10.6 Å². The van der Waals surface area contributed by atoms with Crippen LogP contribution < -0.4 is 11.3 Å². The minimum Gasteiger partial charge on any atom is -0.336 e. The van der Waals surface area contributed by atoms with Gasteiger partial charge in [0.25, 0.3) is 5.91 Å². The summed E-state index contributed by atoms with van der Waals surface area (Å²) in [5.74, 6) is 4.77. The van der Waals surface area contributed by atoms with Crippen molar-refractivity contribution >= 4 is 11.6 Å². The number of nitrogens with zero attached hydrogens (tertiary/aromatic N) is 2. The molecular weight excluding hydrogens is 285 g/mol. The molecule has 1 heterocycles. The van der Waals surface area contributed by atoms with Gasteiger partial charge in [0.15, 0.2) is 0 Å². The Labute approximate surface area is 120 Å². The predicted molar refractivity (Wildman–Crippen MR) is 72.7 cm³/mol. The van der Waals surface area contributed by atoms with Crippen LogP contribution in [0.5, 0.6) is 0 Å². The van der Waals surface area contributed by atoms with Crippen molar-refractivity contribution in [3.05, 3.63) is 29.3 Å². The molecule has 1 aromatic carbocycles. The van der Waals surface area contributed by atoms with E-state index < -0.39 is 17.6 Å².